The van der Waals surface area contributed by atoms with Gasteiger partial charge in [0.05, 0.1) is 12.2 Å². The molecular formula is C32H27F2N3O2S. The average Bonchev–Trinajstić information content (AvgIpc) is 3.44. The number of benzene rings is 4. The van der Waals surface area contributed by atoms with Gasteiger partial charge in [-0.2, -0.15) is 0 Å². The van der Waals surface area contributed by atoms with Gasteiger partial charge in [0, 0.05) is 18.5 Å². The molecule has 0 spiro atoms. The van der Waals surface area contributed by atoms with E-state index in [0.29, 0.717) is 26.2 Å². The highest BCUT2D eigenvalue weighted by Crippen LogP contribution is 2.21. The smallest absolute Gasteiger partial charge is 0.275 e. The van der Waals surface area contributed by atoms with Gasteiger partial charge >= 0.3 is 0 Å². The van der Waals surface area contributed by atoms with Crippen LogP contribution in [0.3, 0.4) is 0 Å². The van der Waals surface area contributed by atoms with Crippen molar-refractivity contribution in [1.29, 1.82) is 0 Å². The van der Waals surface area contributed by atoms with Crippen LogP contribution in [-0.2, 0) is 26.2 Å². The van der Waals surface area contributed by atoms with E-state index in [1.54, 1.807) is 29.6 Å². The number of nitrogens with one attached hydrogen (secondary N) is 1. The van der Waals surface area contributed by atoms with Crippen molar-refractivity contribution in [1.82, 2.24) is 9.88 Å². The maximum absolute atomic E-state index is 14.0. The number of carbonyl (C=O) groups excluding carboxylic acids is 1. The normalized spacial score (nSPS) is 11.0. The van der Waals surface area contributed by atoms with Crippen LogP contribution in [0.1, 0.15) is 32.2 Å². The fourth-order valence-corrected chi connectivity index (χ4v) is 4.95. The highest BCUT2D eigenvalue weighted by molar-refractivity contribution is 7.09. The summed E-state index contributed by atoms with van der Waals surface area (Å²) in [5.74, 6) is -0.480. The van der Waals surface area contributed by atoms with Crippen LogP contribution >= 0.6 is 11.3 Å². The van der Waals surface area contributed by atoms with Crippen LogP contribution < -0.4 is 10.1 Å². The van der Waals surface area contributed by atoms with Gasteiger partial charge in [-0.25, -0.2) is 13.8 Å². The largest absolute Gasteiger partial charge is 0.489 e. The Bertz CT molecular complexity index is 1540. The maximum atomic E-state index is 14.0. The van der Waals surface area contributed by atoms with Crippen LogP contribution in [0.5, 0.6) is 5.75 Å². The van der Waals surface area contributed by atoms with Gasteiger partial charge < -0.3 is 10.1 Å². The zero-order valence-electron chi connectivity index (χ0n) is 21.6. The second-order valence-corrected chi connectivity index (χ2v) is 10.2. The lowest BCUT2D eigenvalue weighted by atomic mass is 10.1. The zero-order chi connectivity index (χ0) is 27.7. The SMILES string of the molecule is O=C(Nc1ccccc1F)c1csc(CN(Cc2ccc(F)cc2)Cc2ccc(OCc3ccccc3)cc2)n1. The molecule has 0 aliphatic carbocycles. The first-order valence-corrected chi connectivity index (χ1v) is 13.6. The summed E-state index contributed by atoms with van der Waals surface area (Å²) in [5.41, 5.74) is 3.46. The molecule has 0 unspecified atom stereocenters. The van der Waals surface area contributed by atoms with Crippen LogP contribution in [0.15, 0.2) is 109 Å². The lowest BCUT2D eigenvalue weighted by Crippen LogP contribution is -2.22. The number of amides is 1. The fraction of sp³-hybridized carbons (Fsp3) is 0.125. The minimum atomic E-state index is -0.506. The Kier molecular flexibility index (Phi) is 8.90. The molecule has 0 fully saturated rings. The quantitative estimate of drug-likeness (QED) is 0.184. The molecule has 0 radical (unpaired) electrons. The molecule has 0 bridgehead atoms. The Labute approximate surface area is 235 Å². The van der Waals surface area contributed by atoms with Crippen molar-refractivity contribution in [3.05, 3.63) is 148 Å². The average molecular weight is 556 g/mol. The zero-order valence-corrected chi connectivity index (χ0v) is 22.4. The summed E-state index contributed by atoms with van der Waals surface area (Å²) in [7, 11) is 0. The molecule has 5 nitrogen and oxygen atoms in total. The van der Waals surface area contributed by atoms with E-state index in [2.05, 4.69) is 15.2 Å². The first-order valence-electron chi connectivity index (χ1n) is 12.7. The summed E-state index contributed by atoms with van der Waals surface area (Å²) in [5, 5.41) is 4.98. The minimum Gasteiger partial charge on any atom is -0.489 e. The van der Waals surface area contributed by atoms with Gasteiger partial charge in [0.25, 0.3) is 5.91 Å². The van der Waals surface area contributed by atoms with E-state index in [1.165, 1.54) is 35.6 Å². The molecule has 5 aromatic rings. The highest BCUT2D eigenvalue weighted by atomic mass is 32.1. The molecular weight excluding hydrogens is 528 g/mol. The Morgan fingerprint density at radius 1 is 0.775 bits per heavy atom. The first-order chi connectivity index (χ1) is 19.5. The van der Waals surface area contributed by atoms with E-state index >= 15 is 0 Å². The van der Waals surface area contributed by atoms with Crippen molar-refractivity contribution < 1.29 is 18.3 Å². The van der Waals surface area contributed by atoms with E-state index < -0.39 is 11.7 Å². The summed E-state index contributed by atoms with van der Waals surface area (Å²) >= 11 is 1.36. The lowest BCUT2D eigenvalue weighted by molar-refractivity contribution is 0.102. The van der Waals surface area contributed by atoms with Crippen molar-refractivity contribution in [3.63, 3.8) is 0 Å². The predicted molar refractivity (Wildman–Crippen MR) is 153 cm³/mol. The standard InChI is InChI=1S/C32H27F2N3O2S/c33-26-14-10-23(11-15-26)18-37(19-24-12-16-27(17-13-24)39-21-25-6-2-1-3-7-25)20-31-35-30(22-40-31)32(38)36-29-9-5-4-8-28(29)34/h1-17,22H,18-21H2,(H,36,38). The fourth-order valence-electron chi connectivity index (χ4n) is 4.13. The highest BCUT2D eigenvalue weighted by Gasteiger charge is 2.16. The second-order valence-electron chi connectivity index (χ2n) is 9.25. The maximum Gasteiger partial charge on any atom is 0.275 e. The Balaban J connectivity index is 1.26. The molecule has 0 aliphatic heterocycles. The van der Waals surface area contributed by atoms with Crippen LogP contribution in [0.4, 0.5) is 14.5 Å². The molecule has 1 aromatic heterocycles. The lowest BCUT2D eigenvalue weighted by Gasteiger charge is -2.22. The number of nitrogens with zero attached hydrogens (tertiary/aromatic N) is 2. The topological polar surface area (TPSA) is 54.5 Å². The molecule has 5 rings (SSSR count). The molecule has 0 atom stereocenters. The van der Waals surface area contributed by atoms with E-state index in [1.807, 2.05) is 54.6 Å². The van der Waals surface area contributed by atoms with E-state index in [-0.39, 0.29) is 17.2 Å². The monoisotopic (exact) mass is 555 g/mol. The molecule has 1 N–H and O–H groups in total. The van der Waals surface area contributed by atoms with Gasteiger partial charge in [0.1, 0.15) is 34.7 Å². The van der Waals surface area contributed by atoms with Crippen molar-refractivity contribution in [2.24, 2.45) is 0 Å². The van der Waals surface area contributed by atoms with Gasteiger partial charge in [0.15, 0.2) is 0 Å². The van der Waals surface area contributed by atoms with E-state index in [9.17, 15) is 13.6 Å². The third-order valence-corrected chi connectivity index (χ3v) is 7.00. The number of halogens is 2. The number of thiazole rings is 1. The summed E-state index contributed by atoms with van der Waals surface area (Å²) in [6.07, 6.45) is 0. The van der Waals surface area contributed by atoms with Gasteiger partial charge in [0.2, 0.25) is 0 Å². The third kappa shape index (κ3) is 7.59. The van der Waals surface area contributed by atoms with Crippen LogP contribution in [0.25, 0.3) is 0 Å². The Hall–Kier alpha value is -4.40. The number of anilines is 1. The molecule has 0 saturated carbocycles. The summed E-state index contributed by atoms with van der Waals surface area (Å²) in [6.45, 7) is 2.13. The van der Waals surface area contributed by atoms with Crippen molar-refractivity contribution in [2.45, 2.75) is 26.2 Å². The molecule has 8 heteroatoms. The third-order valence-electron chi connectivity index (χ3n) is 6.16. The number of carbonyl (C=O) groups is 1. The second kappa shape index (κ2) is 13.1. The summed E-state index contributed by atoms with van der Waals surface area (Å²) in [4.78, 5) is 19.3. The number of para-hydroxylation sites is 1. The molecule has 0 saturated heterocycles. The molecule has 1 heterocycles. The summed E-state index contributed by atoms with van der Waals surface area (Å²) in [6, 6.07) is 30.3. The van der Waals surface area contributed by atoms with Gasteiger partial charge in [-0.1, -0.05) is 66.7 Å². The Morgan fingerprint density at radius 2 is 1.43 bits per heavy atom. The molecule has 4 aromatic carbocycles. The summed E-state index contributed by atoms with van der Waals surface area (Å²) < 4.78 is 33.4. The Morgan fingerprint density at radius 3 is 2.12 bits per heavy atom. The van der Waals surface area contributed by atoms with Gasteiger partial charge in [-0.05, 0) is 53.1 Å². The van der Waals surface area contributed by atoms with Crippen molar-refractivity contribution in [3.8, 4) is 5.75 Å². The number of aromatic nitrogens is 1. The predicted octanol–water partition coefficient (Wildman–Crippen LogP) is 7.46. The number of hydrogen-bond acceptors (Lipinski definition) is 5. The van der Waals surface area contributed by atoms with Crippen LogP contribution in [0, 0.1) is 11.6 Å². The number of rotatable bonds is 11. The molecule has 202 valence electrons. The first kappa shape index (κ1) is 27.2. The van der Waals surface area contributed by atoms with Gasteiger partial charge in [-0.3, -0.25) is 9.69 Å². The van der Waals surface area contributed by atoms with Gasteiger partial charge in [-0.15, -0.1) is 11.3 Å². The number of ether oxygens (including phenoxy) is 1. The van der Waals surface area contributed by atoms with Crippen molar-refractivity contribution >= 4 is 22.9 Å². The molecule has 40 heavy (non-hydrogen) atoms. The number of hydrogen-bond donors (Lipinski definition) is 1. The van der Waals surface area contributed by atoms with E-state index in [4.69, 9.17) is 4.74 Å². The van der Waals surface area contributed by atoms with Crippen LogP contribution in [-0.4, -0.2) is 15.8 Å². The van der Waals surface area contributed by atoms with E-state index in [0.717, 1.165) is 27.4 Å². The molecule has 0 aliphatic rings. The molecule has 1 amide bonds. The minimum absolute atomic E-state index is 0.108. The van der Waals surface area contributed by atoms with Crippen molar-refractivity contribution in [2.75, 3.05) is 5.32 Å². The van der Waals surface area contributed by atoms with Crippen LogP contribution in [0.2, 0.25) is 0 Å².